The van der Waals surface area contributed by atoms with Crippen LogP contribution < -0.4 is 0 Å². The summed E-state index contributed by atoms with van der Waals surface area (Å²) in [5.74, 6) is -0.834. The van der Waals surface area contributed by atoms with Crippen molar-refractivity contribution in [2.45, 2.75) is 95.9 Å². The maximum atomic E-state index is 12.1. The first-order valence-corrected chi connectivity index (χ1v) is 16.0. The van der Waals surface area contributed by atoms with Crippen LogP contribution >= 0.6 is 0 Å². The summed E-state index contributed by atoms with van der Waals surface area (Å²) in [7, 11) is -5.95. The number of fused-ring (bicyclic) bond motifs is 1. The van der Waals surface area contributed by atoms with Crippen LogP contribution in [0.5, 0.6) is 0 Å². The quantitative estimate of drug-likeness (QED) is 0.372. The van der Waals surface area contributed by atoms with E-state index < -0.39 is 54.9 Å². The Hall–Kier alpha value is -0.853. The molecule has 0 unspecified atom stereocenters. The molecule has 2 saturated heterocycles. The molecule has 33 heavy (non-hydrogen) atoms. The first-order chi connectivity index (χ1) is 15.1. The SMILES string of the molecule is CC1(C)O[C@H]2O[C@H]([C@@H](CO[Si](C)(C)C(C)(C)C)OS(C)(=O)=O)[C@H](OCc3ccccc3)[C@H]2O1. The van der Waals surface area contributed by atoms with E-state index in [9.17, 15) is 8.42 Å². The lowest BCUT2D eigenvalue weighted by atomic mass is 10.1. The number of hydrogen-bond acceptors (Lipinski definition) is 8. The fraction of sp³-hybridized carbons (Fsp3) is 0.739. The second-order valence-corrected chi connectivity index (χ2v) is 17.2. The van der Waals surface area contributed by atoms with Gasteiger partial charge in [-0.2, -0.15) is 8.42 Å². The molecule has 0 bridgehead atoms. The van der Waals surface area contributed by atoms with E-state index in [0.717, 1.165) is 11.8 Å². The summed E-state index contributed by atoms with van der Waals surface area (Å²) >= 11 is 0. The van der Waals surface area contributed by atoms with Gasteiger partial charge in [0.25, 0.3) is 10.1 Å². The minimum atomic E-state index is -3.78. The van der Waals surface area contributed by atoms with Crippen LogP contribution in [0.1, 0.15) is 40.2 Å². The zero-order valence-corrected chi connectivity index (χ0v) is 22.7. The fourth-order valence-corrected chi connectivity index (χ4v) is 5.30. The number of rotatable bonds is 9. The number of ether oxygens (including phenoxy) is 4. The molecular formula is C23H38O8SSi. The molecule has 188 valence electrons. The third-order valence-electron chi connectivity index (χ3n) is 6.39. The van der Waals surface area contributed by atoms with Crippen molar-refractivity contribution in [1.29, 1.82) is 0 Å². The molecular weight excluding hydrogens is 464 g/mol. The van der Waals surface area contributed by atoms with Crippen molar-refractivity contribution >= 4 is 18.4 Å². The largest absolute Gasteiger partial charge is 0.414 e. The fourth-order valence-electron chi connectivity index (χ4n) is 3.67. The highest BCUT2D eigenvalue weighted by atomic mass is 32.2. The normalized spacial score (nSPS) is 28.6. The molecule has 10 heteroatoms. The van der Waals surface area contributed by atoms with Gasteiger partial charge in [0.1, 0.15) is 24.4 Å². The standard InChI is InChI=1S/C23H38O8SSi/c1-22(2,3)33(7,8)27-15-17(31-32(6,24)25)18-19(26-14-16-12-10-9-11-13-16)20-21(28-18)30-23(4,5)29-20/h9-13,17-21H,14-15H2,1-8H3/t17-,18-,19+,20-,21-/m1/s1. The maximum Gasteiger partial charge on any atom is 0.264 e. The van der Waals surface area contributed by atoms with E-state index in [-0.39, 0.29) is 11.6 Å². The molecule has 2 fully saturated rings. The maximum absolute atomic E-state index is 12.1. The Labute approximate surface area is 199 Å². The topological polar surface area (TPSA) is 89.5 Å². The highest BCUT2D eigenvalue weighted by Crippen LogP contribution is 2.41. The predicted molar refractivity (Wildman–Crippen MR) is 127 cm³/mol. The van der Waals surface area contributed by atoms with Gasteiger partial charge < -0.3 is 23.4 Å². The van der Waals surface area contributed by atoms with Gasteiger partial charge in [-0.15, -0.1) is 0 Å². The number of hydrogen-bond donors (Lipinski definition) is 0. The highest BCUT2D eigenvalue weighted by molar-refractivity contribution is 7.86. The van der Waals surface area contributed by atoms with Crippen LogP contribution in [-0.2, 0) is 44.3 Å². The summed E-state index contributed by atoms with van der Waals surface area (Å²) in [5.41, 5.74) is 0.982. The van der Waals surface area contributed by atoms with Crippen LogP contribution in [0.2, 0.25) is 18.1 Å². The van der Waals surface area contributed by atoms with E-state index in [1.54, 1.807) is 0 Å². The third kappa shape index (κ3) is 6.85. The van der Waals surface area contributed by atoms with Crippen molar-refractivity contribution in [3.63, 3.8) is 0 Å². The smallest absolute Gasteiger partial charge is 0.264 e. The minimum absolute atomic E-state index is 0.0465. The second kappa shape index (κ2) is 9.66. The van der Waals surface area contributed by atoms with Gasteiger partial charge in [0, 0.05) is 0 Å². The van der Waals surface area contributed by atoms with E-state index in [1.165, 1.54) is 0 Å². The zero-order chi connectivity index (χ0) is 24.7. The summed E-state index contributed by atoms with van der Waals surface area (Å²) < 4.78 is 60.5. The van der Waals surface area contributed by atoms with Gasteiger partial charge in [0.15, 0.2) is 20.4 Å². The molecule has 0 aromatic heterocycles. The summed E-state index contributed by atoms with van der Waals surface area (Å²) in [6.07, 6.45) is -2.45. The second-order valence-electron chi connectivity index (χ2n) is 10.7. The average molecular weight is 503 g/mol. The third-order valence-corrected chi connectivity index (χ3v) is 11.5. The van der Waals surface area contributed by atoms with Crippen molar-refractivity contribution < 1.29 is 36.0 Å². The van der Waals surface area contributed by atoms with Crippen LogP contribution in [0.4, 0.5) is 0 Å². The van der Waals surface area contributed by atoms with Crippen molar-refractivity contribution in [2.75, 3.05) is 12.9 Å². The molecule has 8 nitrogen and oxygen atoms in total. The molecule has 0 spiro atoms. The van der Waals surface area contributed by atoms with E-state index >= 15 is 0 Å². The van der Waals surface area contributed by atoms with Crippen LogP contribution in [-0.4, -0.2) is 66.1 Å². The first-order valence-electron chi connectivity index (χ1n) is 11.3. The Morgan fingerprint density at radius 1 is 1.12 bits per heavy atom. The van der Waals surface area contributed by atoms with E-state index in [1.807, 2.05) is 44.2 Å². The van der Waals surface area contributed by atoms with Crippen LogP contribution in [0.15, 0.2) is 30.3 Å². The van der Waals surface area contributed by atoms with Gasteiger partial charge in [-0.25, -0.2) is 0 Å². The van der Waals surface area contributed by atoms with Crippen molar-refractivity contribution in [3.8, 4) is 0 Å². The van der Waals surface area contributed by atoms with Gasteiger partial charge in [-0.05, 0) is 37.5 Å². The Morgan fingerprint density at radius 2 is 1.76 bits per heavy atom. The van der Waals surface area contributed by atoms with E-state index in [2.05, 4.69) is 33.9 Å². The van der Waals surface area contributed by atoms with E-state index in [0.29, 0.717) is 6.61 Å². The molecule has 2 aliphatic heterocycles. The van der Waals surface area contributed by atoms with Crippen LogP contribution in [0.3, 0.4) is 0 Å². The molecule has 2 aliphatic rings. The van der Waals surface area contributed by atoms with Gasteiger partial charge in [-0.1, -0.05) is 51.1 Å². The molecule has 0 radical (unpaired) electrons. The first kappa shape index (κ1) is 26.7. The molecule has 0 aliphatic carbocycles. The zero-order valence-electron chi connectivity index (χ0n) is 20.9. The van der Waals surface area contributed by atoms with Gasteiger partial charge in [0.2, 0.25) is 0 Å². The summed E-state index contributed by atoms with van der Waals surface area (Å²) in [4.78, 5) is 0. The summed E-state index contributed by atoms with van der Waals surface area (Å²) in [5, 5.41) is -0.0465. The monoisotopic (exact) mass is 502 g/mol. The molecule has 0 saturated carbocycles. The average Bonchev–Trinajstić information content (AvgIpc) is 3.14. The predicted octanol–water partition coefficient (Wildman–Crippen LogP) is 3.81. The molecule has 0 amide bonds. The summed E-state index contributed by atoms with van der Waals surface area (Å²) in [6, 6.07) is 9.73. The van der Waals surface area contributed by atoms with Crippen molar-refractivity contribution in [3.05, 3.63) is 35.9 Å². The lowest BCUT2D eigenvalue weighted by molar-refractivity contribution is -0.229. The van der Waals surface area contributed by atoms with Gasteiger partial charge >= 0.3 is 0 Å². The van der Waals surface area contributed by atoms with Gasteiger partial charge in [-0.3, -0.25) is 4.18 Å². The minimum Gasteiger partial charge on any atom is -0.414 e. The Kier molecular flexibility index (Phi) is 7.83. The highest BCUT2D eigenvalue weighted by Gasteiger charge is 2.58. The Morgan fingerprint density at radius 3 is 2.33 bits per heavy atom. The van der Waals surface area contributed by atoms with Gasteiger partial charge in [0.05, 0.1) is 19.5 Å². The number of benzene rings is 1. The van der Waals surface area contributed by atoms with Crippen molar-refractivity contribution in [1.82, 2.24) is 0 Å². The lowest BCUT2D eigenvalue weighted by Gasteiger charge is -2.38. The molecule has 5 atom stereocenters. The van der Waals surface area contributed by atoms with Crippen molar-refractivity contribution in [2.24, 2.45) is 0 Å². The molecule has 0 N–H and O–H groups in total. The Balaban J connectivity index is 1.84. The summed E-state index contributed by atoms with van der Waals surface area (Å²) in [6.45, 7) is 14.6. The molecule has 1 aromatic rings. The molecule has 3 rings (SSSR count). The van der Waals surface area contributed by atoms with E-state index in [4.69, 9.17) is 27.6 Å². The van der Waals surface area contributed by atoms with Crippen LogP contribution in [0, 0.1) is 0 Å². The van der Waals surface area contributed by atoms with Crippen LogP contribution in [0.25, 0.3) is 0 Å². The lowest BCUT2D eigenvalue weighted by Crippen LogP contribution is -2.49. The Bertz CT molecular complexity index is 897. The molecule has 1 aromatic carbocycles. The molecule has 2 heterocycles.